The summed E-state index contributed by atoms with van der Waals surface area (Å²) in [5.41, 5.74) is 3.06. The fraction of sp³-hybridized carbons (Fsp3) is 0.0357. The van der Waals surface area contributed by atoms with E-state index in [2.05, 4.69) is 0 Å². The molecule has 156 valence electrons. The third kappa shape index (κ3) is 5.05. The van der Waals surface area contributed by atoms with Crippen LogP contribution >= 0.6 is 0 Å². The number of hydrogen-bond donors (Lipinski definition) is 0. The number of ketones is 1. The van der Waals surface area contributed by atoms with Gasteiger partial charge in [0, 0.05) is 11.1 Å². The van der Waals surface area contributed by atoms with Crippen LogP contribution in [0.1, 0.15) is 32.7 Å². The number of anilines is 1. The summed E-state index contributed by atoms with van der Waals surface area (Å²) in [6, 6.07) is 36.9. The molecule has 1 amide bonds. The highest BCUT2D eigenvalue weighted by Gasteiger charge is 2.20. The van der Waals surface area contributed by atoms with Gasteiger partial charge in [-0.15, -0.1) is 0 Å². The summed E-state index contributed by atoms with van der Waals surface area (Å²) in [6.45, 7) is 0. The second kappa shape index (κ2) is 10.1. The highest BCUT2D eigenvalue weighted by molar-refractivity contribution is 6.17. The minimum Gasteiger partial charge on any atom is -0.294 e. The molecule has 0 aliphatic carbocycles. The van der Waals surface area contributed by atoms with Crippen molar-refractivity contribution < 1.29 is 9.59 Å². The van der Waals surface area contributed by atoms with E-state index in [4.69, 9.17) is 5.10 Å². The quantitative estimate of drug-likeness (QED) is 0.210. The van der Waals surface area contributed by atoms with Crippen molar-refractivity contribution >= 4 is 23.1 Å². The average Bonchev–Trinajstić information content (AvgIpc) is 2.88. The van der Waals surface area contributed by atoms with Crippen molar-refractivity contribution in [3.8, 4) is 0 Å². The van der Waals surface area contributed by atoms with Gasteiger partial charge in [0.1, 0.15) is 0 Å². The standard InChI is InChI=1S/C28H22N2O2/c31-27(23-15-7-2-8-16-23)21-26(22-13-5-1-6-14-22)29-30(25-19-11-4-12-20-25)28(32)24-17-9-3-10-18-24/h1-20H,21H2/b29-26+. The highest BCUT2D eigenvalue weighted by Crippen LogP contribution is 2.20. The van der Waals surface area contributed by atoms with Gasteiger partial charge in [0.05, 0.1) is 17.8 Å². The lowest BCUT2D eigenvalue weighted by Gasteiger charge is -2.20. The number of rotatable bonds is 7. The maximum absolute atomic E-state index is 13.4. The molecule has 0 aliphatic rings. The van der Waals surface area contributed by atoms with E-state index in [0.717, 1.165) is 5.56 Å². The molecule has 0 heterocycles. The smallest absolute Gasteiger partial charge is 0.278 e. The molecule has 0 N–H and O–H groups in total. The highest BCUT2D eigenvalue weighted by atomic mass is 16.2. The fourth-order valence-corrected chi connectivity index (χ4v) is 3.32. The van der Waals surface area contributed by atoms with Crippen LogP contribution in [0.4, 0.5) is 5.69 Å². The Balaban J connectivity index is 1.78. The Morgan fingerprint density at radius 1 is 0.562 bits per heavy atom. The average molecular weight is 418 g/mol. The lowest BCUT2D eigenvalue weighted by molar-refractivity contribution is 0.0980. The number of Topliss-reactive ketones (excluding diaryl/α,β-unsaturated/α-hetero) is 1. The van der Waals surface area contributed by atoms with Gasteiger partial charge in [0.2, 0.25) is 0 Å². The molecule has 0 aliphatic heterocycles. The maximum atomic E-state index is 13.4. The monoisotopic (exact) mass is 418 g/mol. The summed E-state index contributed by atoms with van der Waals surface area (Å²) in [5.74, 6) is -0.328. The van der Waals surface area contributed by atoms with Gasteiger partial charge in [-0.1, -0.05) is 97.1 Å². The number of carbonyl (C=O) groups is 2. The molecule has 0 unspecified atom stereocenters. The van der Waals surface area contributed by atoms with Crippen LogP contribution in [0.25, 0.3) is 0 Å². The zero-order valence-electron chi connectivity index (χ0n) is 17.5. The minimum absolute atomic E-state index is 0.0617. The first kappa shape index (κ1) is 20.9. The number of benzene rings is 4. The van der Waals surface area contributed by atoms with Crippen LogP contribution in [0.3, 0.4) is 0 Å². The van der Waals surface area contributed by atoms with Crippen LogP contribution in [0.15, 0.2) is 126 Å². The SMILES string of the molecule is O=C(C/C(=N\N(C(=O)c1ccccc1)c1ccccc1)c1ccccc1)c1ccccc1. The summed E-state index contributed by atoms with van der Waals surface area (Å²) in [6.07, 6.45) is 0.0689. The first-order chi connectivity index (χ1) is 15.7. The lowest BCUT2D eigenvalue weighted by atomic mass is 10.0. The Hall–Kier alpha value is -4.31. The Bertz CT molecular complexity index is 1210. The van der Waals surface area contributed by atoms with E-state index in [0.29, 0.717) is 22.5 Å². The van der Waals surface area contributed by atoms with Crippen molar-refractivity contribution in [2.45, 2.75) is 6.42 Å². The Kier molecular flexibility index (Phi) is 6.63. The predicted octanol–water partition coefficient (Wildman–Crippen LogP) is 6.01. The van der Waals surface area contributed by atoms with Crippen LogP contribution in [-0.4, -0.2) is 17.4 Å². The van der Waals surface area contributed by atoms with E-state index >= 15 is 0 Å². The number of nitrogens with zero attached hydrogens (tertiary/aromatic N) is 2. The van der Waals surface area contributed by atoms with E-state index < -0.39 is 0 Å². The molecule has 0 saturated heterocycles. The van der Waals surface area contributed by atoms with Gasteiger partial charge >= 0.3 is 0 Å². The molecular formula is C28H22N2O2. The number of hydrogen-bond acceptors (Lipinski definition) is 3. The largest absolute Gasteiger partial charge is 0.294 e. The molecule has 0 bridgehead atoms. The van der Waals surface area contributed by atoms with Crippen LogP contribution in [0.2, 0.25) is 0 Å². The zero-order valence-corrected chi connectivity index (χ0v) is 17.5. The van der Waals surface area contributed by atoms with Crippen molar-refractivity contribution in [1.82, 2.24) is 0 Å². The maximum Gasteiger partial charge on any atom is 0.278 e. The van der Waals surface area contributed by atoms with Crippen molar-refractivity contribution in [3.05, 3.63) is 138 Å². The molecule has 0 atom stereocenters. The number of para-hydroxylation sites is 1. The second-order valence-corrected chi connectivity index (χ2v) is 7.20. The van der Waals surface area contributed by atoms with E-state index in [1.807, 2.05) is 97.1 Å². The van der Waals surface area contributed by atoms with Gasteiger partial charge in [-0.3, -0.25) is 9.59 Å². The number of carbonyl (C=O) groups excluding carboxylic acids is 2. The Labute approximate surface area is 187 Å². The van der Waals surface area contributed by atoms with Crippen molar-refractivity contribution in [1.29, 1.82) is 0 Å². The summed E-state index contributed by atoms with van der Waals surface area (Å²) in [5, 5.41) is 6.11. The summed E-state index contributed by atoms with van der Waals surface area (Å²) >= 11 is 0. The van der Waals surface area contributed by atoms with E-state index in [9.17, 15) is 9.59 Å². The normalized spacial score (nSPS) is 11.1. The second-order valence-electron chi connectivity index (χ2n) is 7.20. The summed E-state index contributed by atoms with van der Waals surface area (Å²) < 4.78 is 0. The van der Waals surface area contributed by atoms with Gasteiger partial charge in [0.25, 0.3) is 5.91 Å². The van der Waals surface area contributed by atoms with Crippen LogP contribution in [-0.2, 0) is 0 Å². The van der Waals surface area contributed by atoms with Crippen molar-refractivity contribution in [3.63, 3.8) is 0 Å². The third-order valence-electron chi connectivity index (χ3n) is 4.97. The molecule has 0 fully saturated rings. The Morgan fingerprint density at radius 2 is 1.00 bits per heavy atom. The number of amides is 1. The molecule has 4 heteroatoms. The molecular weight excluding hydrogens is 396 g/mol. The zero-order chi connectivity index (χ0) is 22.2. The molecule has 4 rings (SSSR count). The first-order valence-corrected chi connectivity index (χ1v) is 10.4. The topological polar surface area (TPSA) is 49.7 Å². The predicted molar refractivity (Wildman–Crippen MR) is 128 cm³/mol. The number of hydrazone groups is 1. The Morgan fingerprint density at radius 3 is 1.53 bits per heavy atom. The molecule has 32 heavy (non-hydrogen) atoms. The molecule has 4 aromatic rings. The van der Waals surface area contributed by atoms with E-state index in [1.165, 1.54) is 5.01 Å². The van der Waals surface area contributed by atoms with Crippen LogP contribution in [0.5, 0.6) is 0 Å². The van der Waals surface area contributed by atoms with Crippen LogP contribution < -0.4 is 5.01 Å². The van der Waals surface area contributed by atoms with Gasteiger partial charge in [-0.2, -0.15) is 10.1 Å². The van der Waals surface area contributed by atoms with E-state index in [-0.39, 0.29) is 18.1 Å². The summed E-state index contributed by atoms with van der Waals surface area (Å²) in [4.78, 5) is 26.4. The van der Waals surface area contributed by atoms with Gasteiger partial charge in [-0.05, 0) is 29.8 Å². The molecule has 4 nitrogen and oxygen atoms in total. The molecule has 0 spiro atoms. The van der Waals surface area contributed by atoms with E-state index in [1.54, 1.807) is 24.3 Å². The fourth-order valence-electron chi connectivity index (χ4n) is 3.32. The lowest BCUT2D eigenvalue weighted by Crippen LogP contribution is -2.28. The third-order valence-corrected chi connectivity index (χ3v) is 4.97. The van der Waals surface area contributed by atoms with Crippen molar-refractivity contribution in [2.75, 3.05) is 5.01 Å². The van der Waals surface area contributed by atoms with Crippen LogP contribution in [0, 0.1) is 0 Å². The summed E-state index contributed by atoms with van der Waals surface area (Å²) in [7, 11) is 0. The van der Waals surface area contributed by atoms with Gasteiger partial charge < -0.3 is 0 Å². The minimum atomic E-state index is -0.266. The molecule has 4 aromatic carbocycles. The van der Waals surface area contributed by atoms with Crippen molar-refractivity contribution in [2.24, 2.45) is 5.10 Å². The molecule has 0 radical (unpaired) electrons. The molecule has 0 saturated carbocycles. The van der Waals surface area contributed by atoms with Gasteiger partial charge in [0.15, 0.2) is 5.78 Å². The molecule has 0 aromatic heterocycles. The first-order valence-electron chi connectivity index (χ1n) is 10.4. The van der Waals surface area contributed by atoms with Gasteiger partial charge in [-0.25, -0.2) is 0 Å².